The number of amides is 2. The topological polar surface area (TPSA) is 41.6 Å². The molecule has 1 aliphatic rings. The van der Waals surface area contributed by atoms with Crippen molar-refractivity contribution in [2.75, 3.05) is 26.7 Å². The minimum atomic E-state index is 0.0741. The van der Waals surface area contributed by atoms with E-state index in [2.05, 4.69) is 12.2 Å². The number of ether oxygens (including phenoxy) is 1. The van der Waals surface area contributed by atoms with E-state index < -0.39 is 0 Å². The highest BCUT2D eigenvalue weighted by molar-refractivity contribution is 5.74. The number of carbonyl (C=O) groups is 1. The highest BCUT2D eigenvalue weighted by Gasteiger charge is 2.20. The van der Waals surface area contributed by atoms with E-state index in [-0.39, 0.29) is 6.03 Å². The quantitative estimate of drug-likeness (QED) is 0.918. The van der Waals surface area contributed by atoms with Crippen molar-refractivity contribution in [1.82, 2.24) is 10.2 Å². The zero-order valence-electron chi connectivity index (χ0n) is 12.4. The van der Waals surface area contributed by atoms with Gasteiger partial charge in [-0.15, -0.1) is 0 Å². The van der Waals surface area contributed by atoms with Crippen LogP contribution in [0.5, 0.6) is 5.75 Å². The second-order valence-electron chi connectivity index (χ2n) is 5.52. The Hall–Kier alpha value is -1.71. The minimum absolute atomic E-state index is 0.0741. The van der Waals surface area contributed by atoms with E-state index >= 15 is 0 Å². The number of piperidine rings is 1. The number of nitrogens with zero attached hydrogens (tertiary/aromatic N) is 1. The maximum Gasteiger partial charge on any atom is 0.317 e. The molecule has 1 atom stereocenters. The smallest absolute Gasteiger partial charge is 0.317 e. The Balaban J connectivity index is 1.73. The molecule has 110 valence electrons. The Morgan fingerprint density at radius 2 is 2.15 bits per heavy atom. The Kier molecular flexibility index (Phi) is 5.27. The molecule has 1 fully saturated rings. The van der Waals surface area contributed by atoms with Gasteiger partial charge in [0.15, 0.2) is 0 Å². The fourth-order valence-electron chi connectivity index (χ4n) is 2.59. The molecule has 1 unspecified atom stereocenters. The third-order valence-corrected chi connectivity index (χ3v) is 3.79. The van der Waals surface area contributed by atoms with Crippen molar-refractivity contribution in [3.05, 3.63) is 29.8 Å². The van der Waals surface area contributed by atoms with Gasteiger partial charge in [-0.1, -0.05) is 19.1 Å². The number of hydrogen-bond donors (Lipinski definition) is 1. The monoisotopic (exact) mass is 276 g/mol. The number of carbonyl (C=O) groups excluding carboxylic acids is 1. The van der Waals surface area contributed by atoms with Crippen LogP contribution in [-0.2, 0) is 6.42 Å². The van der Waals surface area contributed by atoms with Crippen molar-refractivity contribution in [2.45, 2.75) is 26.2 Å². The van der Waals surface area contributed by atoms with Gasteiger partial charge in [0, 0.05) is 19.6 Å². The van der Waals surface area contributed by atoms with Crippen LogP contribution in [0.2, 0.25) is 0 Å². The summed E-state index contributed by atoms with van der Waals surface area (Å²) in [4.78, 5) is 14.0. The standard InChI is InChI=1S/C16H24N2O2/c1-13-4-3-11-18(12-13)16(19)17-10-9-14-5-7-15(20-2)8-6-14/h5-8,13H,3-4,9-12H2,1-2H3,(H,17,19). The first kappa shape index (κ1) is 14.7. The van der Waals surface area contributed by atoms with E-state index in [4.69, 9.17) is 4.74 Å². The molecule has 4 nitrogen and oxygen atoms in total. The van der Waals surface area contributed by atoms with Gasteiger partial charge in [-0.3, -0.25) is 0 Å². The molecule has 0 saturated carbocycles. The third kappa shape index (κ3) is 4.15. The minimum Gasteiger partial charge on any atom is -0.497 e. The van der Waals surface area contributed by atoms with Crippen molar-refractivity contribution < 1.29 is 9.53 Å². The molecule has 1 aromatic carbocycles. The lowest BCUT2D eigenvalue weighted by Crippen LogP contribution is -2.45. The Bertz CT molecular complexity index is 431. The molecule has 1 N–H and O–H groups in total. The number of likely N-dealkylation sites (tertiary alicyclic amines) is 1. The van der Waals surface area contributed by atoms with Crippen LogP contribution in [0.15, 0.2) is 24.3 Å². The van der Waals surface area contributed by atoms with Crippen molar-refractivity contribution >= 4 is 6.03 Å². The van der Waals surface area contributed by atoms with E-state index in [1.807, 2.05) is 29.2 Å². The second-order valence-corrected chi connectivity index (χ2v) is 5.52. The summed E-state index contributed by atoms with van der Waals surface area (Å²) in [7, 11) is 1.66. The first-order valence-corrected chi connectivity index (χ1v) is 7.34. The Labute approximate surface area is 121 Å². The van der Waals surface area contributed by atoms with Crippen molar-refractivity contribution in [3.63, 3.8) is 0 Å². The lowest BCUT2D eigenvalue weighted by molar-refractivity contribution is 0.170. The molecule has 0 bridgehead atoms. The second kappa shape index (κ2) is 7.17. The first-order chi connectivity index (χ1) is 9.69. The summed E-state index contributed by atoms with van der Waals surface area (Å²) in [5.41, 5.74) is 1.21. The molecule has 1 aromatic rings. The van der Waals surface area contributed by atoms with Crippen LogP contribution in [0.3, 0.4) is 0 Å². The molecule has 1 aliphatic heterocycles. The molecule has 2 rings (SSSR count). The first-order valence-electron chi connectivity index (χ1n) is 7.34. The van der Waals surface area contributed by atoms with Crippen LogP contribution in [0.25, 0.3) is 0 Å². The fourth-order valence-corrected chi connectivity index (χ4v) is 2.59. The van der Waals surface area contributed by atoms with Gasteiger partial charge in [0.25, 0.3) is 0 Å². The lowest BCUT2D eigenvalue weighted by Gasteiger charge is -2.30. The predicted molar refractivity (Wildman–Crippen MR) is 80.1 cm³/mol. The highest BCUT2D eigenvalue weighted by atomic mass is 16.5. The van der Waals surface area contributed by atoms with E-state index in [9.17, 15) is 4.79 Å². The summed E-state index contributed by atoms with van der Waals surface area (Å²) in [6, 6.07) is 8.04. The molecular formula is C16H24N2O2. The molecule has 4 heteroatoms. The number of hydrogen-bond acceptors (Lipinski definition) is 2. The normalized spacial score (nSPS) is 18.7. The van der Waals surface area contributed by atoms with Gasteiger partial charge in [0.2, 0.25) is 0 Å². The van der Waals surface area contributed by atoms with Crippen molar-refractivity contribution in [3.8, 4) is 5.75 Å². The highest BCUT2D eigenvalue weighted by Crippen LogP contribution is 2.15. The van der Waals surface area contributed by atoms with Gasteiger partial charge in [-0.25, -0.2) is 4.79 Å². The zero-order chi connectivity index (χ0) is 14.4. The van der Waals surface area contributed by atoms with Crippen LogP contribution in [0, 0.1) is 5.92 Å². The predicted octanol–water partition coefficient (Wildman–Crippen LogP) is 2.68. The van der Waals surface area contributed by atoms with Crippen LogP contribution < -0.4 is 10.1 Å². The zero-order valence-corrected chi connectivity index (χ0v) is 12.4. The summed E-state index contributed by atoms with van der Waals surface area (Å²) >= 11 is 0. The van der Waals surface area contributed by atoms with Crippen molar-refractivity contribution in [1.29, 1.82) is 0 Å². The lowest BCUT2D eigenvalue weighted by atomic mass is 10.0. The summed E-state index contributed by atoms with van der Waals surface area (Å²) in [6.45, 7) is 4.65. The van der Waals surface area contributed by atoms with Crippen LogP contribution in [0.1, 0.15) is 25.3 Å². The number of rotatable bonds is 4. The van der Waals surface area contributed by atoms with Gasteiger partial charge >= 0.3 is 6.03 Å². The number of urea groups is 1. The van der Waals surface area contributed by atoms with E-state index in [1.165, 1.54) is 12.0 Å². The number of nitrogens with one attached hydrogen (secondary N) is 1. The molecule has 0 radical (unpaired) electrons. The molecule has 20 heavy (non-hydrogen) atoms. The average Bonchev–Trinajstić information content (AvgIpc) is 2.48. The Morgan fingerprint density at radius 3 is 2.80 bits per heavy atom. The van der Waals surface area contributed by atoms with Gasteiger partial charge in [0.05, 0.1) is 7.11 Å². The number of benzene rings is 1. The Morgan fingerprint density at radius 1 is 1.40 bits per heavy atom. The maximum atomic E-state index is 12.0. The summed E-state index contributed by atoms with van der Waals surface area (Å²) in [5.74, 6) is 1.48. The molecule has 0 spiro atoms. The SMILES string of the molecule is COc1ccc(CCNC(=O)N2CCCC(C)C2)cc1. The van der Waals surface area contributed by atoms with Gasteiger partial charge in [-0.05, 0) is 42.9 Å². The van der Waals surface area contributed by atoms with Gasteiger partial charge < -0.3 is 15.0 Å². The molecule has 2 amide bonds. The van der Waals surface area contributed by atoms with Gasteiger partial charge in [-0.2, -0.15) is 0 Å². The largest absolute Gasteiger partial charge is 0.497 e. The maximum absolute atomic E-state index is 12.0. The van der Waals surface area contributed by atoms with Gasteiger partial charge in [0.1, 0.15) is 5.75 Å². The van der Waals surface area contributed by atoms with E-state index in [1.54, 1.807) is 7.11 Å². The van der Waals surface area contributed by atoms with Crippen LogP contribution in [0.4, 0.5) is 4.79 Å². The third-order valence-electron chi connectivity index (χ3n) is 3.79. The summed E-state index contributed by atoms with van der Waals surface area (Å²) in [5, 5.41) is 3.01. The molecule has 0 aromatic heterocycles. The number of methoxy groups -OCH3 is 1. The van der Waals surface area contributed by atoms with E-state index in [0.717, 1.165) is 31.7 Å². The average molecular weight is 276 g/mol. The fraction of sp³-hybridized carbons (Fsp3) is 0.562. The molecule has 1 saturated heterocycles. The summed E-state index contributed by atoms with van der Waals surface area (Å²) < 4.78 is 5.12. The van der Waals surface area contributed by atoms with Crippen LogP contribution >= 0.6 is 0 Å². The van der Waals surface area contributed by atoms with Crippen LogP contribution in [-0.4, -0.2) is 37.7 Å². The van der Waals surface area contributed by atoms with E-state index in [0.29, 0.717) is 12.5 Å². The summed E-state index contributed by atoms with van der Waals surface area (Å²) in [6.07, 6.45) is 3.20. The molecule has 0 aliphatic carbocycles. The molecular weight excluding hydrogens is 252 g/mol. The molecule has 1 heterocycles. The van der Waals surface area contributed by atoms with Crippen molar-refractivity contribution in [2.24, 2.45) is 5.92 Å².